The monoisotopic (exact) mass is 364 g/mol. The standard InChI is InChI=1S/C22H28N4O/c27-22(20-7-5-6-18(14-20)17-25-10-1-2-11-25)24-16-19-8-9-21(23-15-19)26-12-3-4-13-26/h5-9,14-15H,1-4,10-13,16-17H2,(H,24,27). The van der Waals surface area contributed by atoms with Crippen LogP contribution in [0.15, 0.2) is 42.6 Å². The molecular weight excluding hydrogens is 336 g/mol. The van der Waals surface area contributed by atoms with Gasteiger partial charge in [-0.1, -0.05) is 18.2 Å². The molecule has 1 N–H and O–H groups in total. The first-order valence-electron chi connectivity index (χ1n) is 10.1. The topological polar surface area (TPSA) is 48.5 Å². The molecule has 1 aromatic heterocycles. The molecular formula is C22H28N4O. The number of nitrogens with one attached hydrogen (secondary N) is 1. The number of rotatable bonds is 6. The van der Waals surface area contributed by atoms with Crippen LogP contribution in [0.4, 0.5) is 5.82 Å². The number of amides is 1. The number of nitrogens with zero attached hydrogens (tertiary/aromatic N) is 3. The zero-order chi connectivity index (χ0) is 18.5. The largest absolute Gasteiger partial charge is 0.357 e. The molecule has 0 unspecified atom stereocenters. The molecule has 1 amide bonds. The Labute approximate surface area is 161 Å². The zero-order valence-corrected chi connectivity index (χ0v) is 15.9. The van der Waals surface area contributed by atoms with Gasteiger partial charge in [0.1, 0.15) is 5.82 Å². The Morgan fingerprint density at radius 3 is 2.48 bits per heavy atom. The molecule has 0 saturated carbocycles. The number of carbonyl (C=O) groups excluding carboxylic acids is 1. The van der Waals surface area contributed by atoms with Crippen LogP contribution in [0.2, 0.25) is 0 Å². The lowest BCUT2D eigenvalue weighted by atomic mass is 10.1. The van der Waals surface area contributed by atoms with Gasteiger partial charge in [-0.15, -0.1) is 0 Å². The predicted molar refractivity (Wildman–Crippen MR) is 108 cm³/mol. The van der Waals surface area contributed by atoms with Gasteiger partial charge < -0.3 is 10.2 Å². The number of carbonyl (C=O) groups is 1. The van der Waals surface area contributed by atoms with Crippen molar-refractivity contribution in [2.45, 2.75) is 38.8 Å². The van der Waals surface area contributed by atoms with Crippen molar-refractivity contribution in [1.82, 2.24) is 15.2 Å². The minimum atomic E-state index is -0.0260. The zero-order valence-electron chi connectivity index (χ0n) is 15.9. The van der Waals surface area contributed by atoms with E-state index >= 15 is 0 Å². The van der Waals surface area contributed by atoms with Crippen molar-refractivity contribution < 1.29 is 4.79 Å². The summed E-state index contributed by atoms with van der Waals surface area (Å²) in [4.78, 5) is 21.8. The molecule has 0 radical (unpaired) electrons. The van der Waals surface area contributed by atoms with Gasteiger partial charge in [-0.05, 0) is 68.1 Å². The van der Waals surface area contributed by atoms with Gasteiger partial charge in [0, 0.05) is 37.9 Å². The van der Waals surface area contributed by atoms with E-state index in [4.69, 9.17) is 0 Å². The van der Waals surface area contributed by atoms with Crippen LogP contribution < -0.4 is 10.2 Å². The van der Waals surface area contributed by atoms with E-state index in [-0.39, 0.29) is 5.91 Å². The lowest BCUT2D eigenvalue weighted by molar-refractivity contribution is 0.0950. The highest BCUT2D eigenvalue weighted by molar-refractivity contribution is 5.94. The van der Waals surface area contributed by atoms with Crippen LogP contribution in [-0.2, 0) is 13.1 Å². The van der Waals surface area contributed by atoms with Crippen LogP contribution in [0.3, 0.4) is 0 Å². The molecule has 5 nitrogen and oxygen atoms in total. The van der Waals surface area contributed by atoms with E-state index in [1.807, 2.05) is 24.4 Å². The van der Waals surface area contributed by atoms with E-state index in [9.17, 15) is 4.79 Å². The fourth-order valence-electron chi connectivity index (χ4n) is 3.95. The number of aromatic nitrogens is 1. The molecule has 0 aliphatic carbocycles. The molecule has 1 aromatic carbocycles. The van der Waals surface area contributed by atoms with Crippen molar-refractivity contribution in [2.75, 3.05) is 31.1 Å². The first-order valence-corrected chi connectivity index (χ1v) is 10.1. The van der Waals surface area contributed by atoms with Crippen LogP contribution in [0, 0.1) is 0 Å². The highest BCUT2D eigenvalue weighted by atomic mass is 16.1. The second-order valence-corrected chi connectivity index (χ2v) is 7.59. The Kier molecular flexibility index (Phi) is 5.68. The molecule has 4 rings (SSSR count). The second kappa shape index (κ2) is 8.53. The van der Waals surface area contributed by atoms with Crippen molar-refractivity contribution >= 4 is 11.7 Å². The summed E-state index contributed by atoms with van der Waals surface area (Å²) in [7, 11) is 0. The van der Waals surface area contributed by atoms with Gasteiger partial charge in [-0.3, -0.25) is 9.69 Å². The number of pyridine rings is 1. The van der Waals surface area contributed by atoms with Crippen molar-refractivity contribution in [3.05, 3.63) is 59.3 Å². The van der Waals surface area contributed by atoms with Gasteiger partial charge in [0.2, 0.25) is 0 Å². The fraction of sp³-hybridized carbons (Fsp3) is 0.455. The quantitative estimate of drug-likeness (QED) is 0.855. The number of hydrogen-bond donors (Lipinski definition) is 1. The summed E-state index contributed by atoms with van der Waals surface area (Å²) in [5, 5.41) is 3.02. The Balaban J connectivity index is 1.32. The smallest absolute Gasteiger partial charge is 0.251 e. The molecule has 2 fully saturated rings. The first-order chi connectivity index (χ1) is 13.3. The van der Waals surface area contributed by atoms with Crippen LogP contribution in [0.1, 0.15) is 47.2 Å². The average molecular weight is 364 g/mol. The molecule has 27 heavy (non-hydrogen) atoms. The van der Waals surface area contributed by atoms with Gasteiger partial charge in [-0.25, -0.2) is 4.98 Å². The minimum absolute atomic E-state index is 0.0260. The van der Waals surface area contributed by atoms with E-state index in [1.54, 1.807) is 0 Å². The van der Waals surface area contributed by atoms with Crippen LogP contribution >= 0.6 is 0 Å². The molecule has 0 bridgehead atoms. The van der Waals surface area contributed by atoms with Crippen LogP contribution in [0.25, 0.3) is 0 Å². The van der Waals surface area contributed by atoms with Crippen molar-refractivity contribution in [1.29, 1.82) is 0 Å². The molecule has 3 heterocycles. The highest BCUT2D eigenvalue weighted by Gasteiger charge is 2.14. The number of hydrogen-bond acceptors (Lipinski definition) is 4. The first kappa shape index (κ1) is 18.0. The van der Waals surface area contributed by atoms with Crippen LogP contribution in [0.5, 0.6) is 0 Å². The normalized spacial score (nSPS) is 17.4. The maximum absolute atomic E-state index is 12.5. The molecule has 0 spiro atoms. The van der Waals surface area contributed by atoms with E-state index < -0.39 is 0 Å². The van der Waals surface area contributed by atoms with Gasteiger partial charge in [0.25, 0.3) is 5.91 Å². The van der Waals surface area contributed by atoms with Gasteiger partial charge in [0.15, 0.2) is 0 Å². The van der Waals surface area contributed by atoms with E-state index in [1.165, 1.54) is 31.2 Å². The van der Waals surface area contributed by atoms with Crippen molar-refractivity contribution in [3.8, 4) is 0 Å². The predicted octanol–water partition coefficient (Wildman–Crippen LogP) is 3.21. The summed E-state index contributed by atoms with van der Waals surface area (Å²) >= 11 is 0. The molecule has 5 heteroatoms. The summed E-state index contributed by atoms with van der Waals surface area (Å²) in [6, 6.07) is 12.1. The second-order valence-electron chi connectivity index (χ2n) is 7.59. The molecule has 142 valence electrons. The highest BCUT2D eigenvalue weighted by Crippen LogP contribution is 2.18. The van der Waals surface area contributed by atoms with E-state index in [2.05, 4.69) is 38.3 Å². The van der Waals surface area contributed by atoms with E-state index in [0.29, 0.717) is 6.54 Å². The lowest BCUT2D eigenvalue weighted by Crippen LogP contribution is -2.24. The van der Waals surface area contributed by atoms with Gasteiger partial charge >= 0.3 is 0 Å². The fourth-order valence-corrected chi connectivity index (χ4v) is 3.95. The summed E-state index contributed by atoms with van der Waals surface area (Å²) in [5.74, 6) is 1.01. The van der Waals surface area contributed by atoms with Crippen molar-refractivity contribution in [3.63, 3.8) is 0 Å². The maximum atomic E-state index is 12.5. The third-order valence-electron chi connectivity index (χ3n) is 5.49. The summed E-state index contributed by atoms with van der Waals surface area (Å²) in [6.45, 7) is 5.95. The molecule has 2 saturated heterocycles. The average Bonchev–Trinajstić information content (AvgIpc) is 3.41. The lowest BCUT2D eigenvalue weighted by Gasteiger charge is -2.16. The Hall–Kier alpha value is -2.40. The number of likely N-dealkylation sites (tertiary alicyclic amines) is 1. The third-order valence-corrected chi connectivity index (χ3v) is 5.49. The van der Waals surface area contributed by atoms with Crippen molar-refractivity contribution in [2.24, 2.45) is 0 Å². The summed E-state index contributed by atoms with van der Waals surface area (Å²) in [5.41, 5.74) is 2.97. The molecule has 2 aliphatic heterocycles. The Bertz CT molecular complexity index is 762. The molecule has 2 aromatic rings. The van der Waals surface area contributed by atoms with E-state index in [0.717, 1.165) is 49.7 Å². The van der Waals surface area contributed by atoms with Gasteiger partial charge in [-0.2, -0.15) is 0 Å². The van der Waals surface area contributed by atoms with Gasteiger partial charge in [0.05, 0.1) is 0 Å². The third kappa shape index (κ3) is 4.66. The summed E-state index contributed by atoms with van der Waals surface area (Å²) in [6.07, 6.45) is 6.93. The maximum Gasteiger partial charge on any atom is 0.251 e. The Morgan fingerprint density at radius 2 is 1.74 bits per heavy atom. The number of anilines is 1. The molecule has 2 aliphatic rings. The SMILES string of the molecule is O=C(NCc1ccc(N2CCCC2)nc1)c1cccc(CN2CCCC2)c1. The van der Waals surface area contributed by atoms with Crippen LogP contribution in [-0.4, -0.2) is 42.0 Å². The number of benzene rings is 1. The minimum Gasteiger partial charge on any atom is -0.357 e. The Morgan fingerprint density at radius 1 is 0.963 bits per heavy atom. The summed E-state index contributed by atoms with van der Waals surface area (Å²) < 4.78 is 0. The molecule has 0 atom stereocenters.